The minimum atomic E-state index is 0.0319. The van der Waals surface area contributed by atoms with Gasteiger partial charge in [0.1, 0.15) is 0 Å². The maximum absolute atomic E-state index is 12.6. The molecule has 0 unspecified atom stereocenters. The Labute approximate surface area is 136 Å². The number of likely N-dealkylation sites (tertiary alicyclic amines) is 1. The van der Waals surface area contributed by atoms with E-state index in [2.05, 4.69) is 17.0 Å². The van der Waals surface area contributed by atoms with Crippen molar-refractivity contribution in [3.63, 3.8) is 0 Å². The first-order valence-corrected chi connectivity index (χ1v) is 8.15. The number of hydrogen-bond acceptors (Lipinski definition) is 3. The highest BCUT2D eigenvalue weighted by Crippen LogP contribution is 2.16. The van der Waals surface area contributed by atoms with Crippen molar-refractivity contribution in [3.05, 3.63) is 70.8 Å². The second-order valence-corrected chi connectivity index (χ2v) is 5.95. The Hall–Kier alpha value is -1.84. The number of ketones is 1. The summed E-state index contributed by atoms with van der Waals surface area (Å²) in [5.41, 5.74) is 3.46. The fourth-order valence-corrected chi connectivity index (χ4v) is 3.13. The van der Waals surface area contributed by atoms with Gasteiger partial charge >= 0.3 is 0 Å². The minimum Gasteiger partial charge on any atom is -0.299 e. The fraction of sp³-hybridized carbons (Fsp3) is 0.263. The molecule has 0 radical (unpaired) electrons. The summed E-state index contributed by atoms with van der Waals surface area (Å²) in [5, 5.41) is 1.56. The third-order valence-corrected chi connectivity index (χ3v) is 4.41. The van der Waals surface area contributed by atoms with Crippen molar-refractivity contribution in [1.29, 1.82) is 0 Å². The molecule has 22 heavy (non-hydrogen) atoms. The van der Waals surface area contributed by atoms with E-state index in [1.165, 1.54) is 31.5 Å². The lowest BCUT2D eigenvalue weighted by molar-refractivity contribution is 0.103. The van der Waals surface area contributed by atoms with E-state index in [1.807, 2.05) is 36.4 Å². The standard InChI is InChI=1S/C19H19NOS/c21-19(18-6-2-1-5-17(18)14-22)16-9-7-15(8-10-16)13-20-11-3-4-12-20/h1-2,5-10,14H,3-4,11-13H2. The number of benzene rings is 2. The zero-order valence-corrected chi connectivity index (χ0v) is 13.3. The first-order valence-electron chi connectivity index (χ1n) is 7.68. The van der Waals surface area contributed by atoms with E-state index >= 15 is 0 Å². The Morgan fingerprint density at radius 3 is 2.41 bits per heavy atom. The maximum Gasteiger partial charge on any atom is 0.193 e. The SMILES string of the molecule is O=C(c1ccc(CN2CCCC2)cc1)c1ccccc1C=S. The van der Waals surface area contributed by atoms with Crippen molar-refractivity contribution in [2.75, 3.05) is 13.1 Å². The number of hydrogen-bond donors (Lipinski definition) is 0. The van der Waals surface area contributed by atoms with Crippen molar-refractivity contribution in [1.82, 2.24) is 4.90 Å². The molecule has 1 fully saturated rings. The summed E-state index contributed by atoms with van der Waals surface area (Å²) in [7, 11) is 0. The van der Waals surface area contributed by atoms with Crippen LogP contribution in [-0.4, -0.2) is 29.1 Å². The van der Waals surface area contributed by atoms with Crippen LogP contribution in [0.2, 0.25) is 0 Å². The lowest BCUT2D eigenvalue weighted by atomic mass is 9.98. The van der Waals surface area contributed by atoms with Crippen LogP contribution in [0, 0.1) is 0 Å². The molecule has 1 aliphatic rings. The molecular formula is C19H19NOS. The molecule has 3 rings (SSSR count). The number of carbonyl (C=O) groups is 1. The van der Waals surface area contributed by atoms with E-state index in [0.717, 1.165) is 17.7 Å². The molecule has 2 aromatic carbocycles. The molecule has 2 nitrogen and oxygen atoms in total. The molecule has 2 aromatic rings. The predicted molar refractivity (Wildman–Crippen MR) is 93.6 cm³/mol. The number of rotatable bonds is 5. The molecule has 1 aliphatic heterocycles. The zero-order valence-electron chi connectivity index (χ0n) is 12.5. The Balaban J connectivity index is 1.77. The van der Waals surface area contributed by atoms with Gasteiger partial charge in [0.15, 0.2) is 5.78 Å². The number of thiocarbonyl (C=S) groups is 1. The van der Waals surface area contributed by atoms with Gasteiger partial charge in [-0.05, 0) is 37.1 Å². The Kier molecular flexibility index (Phi) is 4.76. The maximum atomic E-state index is 12.6. The zero-order chi connectivity index (χ0) is 15.4. The second-order valence-electron chi connectivity index (χ2n) is 5.71. The number of nitrogens with zero attached hydrogens (tertiary/aromatic N) is 1. The van der Waals surface area contributed by atoms with E-state index in [-0.39, 0.29) is 5.78 Å². The van der Waals surface area contributed by atoms with Gasteiger partial charge in [-0.15, -0.1) is 0 Å². The van der Waals surface area contributed by atoms with Crippen molar-refractivity contribution in [2.45, 2.75) is 19.4 Å². The van der Waals surface area contributed by atoms with Gasteiger partial charge in [-0.1, -0.05) is 60.7 Å². The summed E-state index contributed by atoms with van der Waals surface area (Å²) in [6.45, 7) is 3.34. The van der Waals surface area contributed by atoms with E-state index in [4.69, 9.17) is 12.2 Å². The summed E-state index contributed by atoms with van der Waals surface area (Å²) in [5.74, 6) is 0.0319. The van der Waals surface area contributed by atoms with Gasteiger partial charge < -0.3 is 0 Å². The van der Waals surface area contributed by atoms with E-state index < -0.39 is 0 Å². The molecule has 1 heterocycles. The third-order valence-electron chi connectivity index (χ3n) is 4.15. The van der Waals surface area contributed by atoms with Gasteiger partial charge in [0.05, 0.1) is 0 Å². The molecule has 0 bridgehead atoms. The summed E-state index contributed by atoms with van der Waals surface area (Å²) >= 11 is 4.99. The highest BCUT2D eigenvalue weighted by Gasteiger charge is 2.14. The molecule has 0 aromatic heterocycles. The van der Waals surface area contributed by atoms with Crippen LogP contribution in [0.4, 0.5) is 0 Å². The normalized spacial score (nSPS) is 14.9. The smallest absolute Gasteiger partial charge is 0.193 e. The molecule has 112 valence electrons. The first-order chi connectivity index (χ1) is 10.8. The lowest BCUT2D eigenvalue weighted by Crippen LogP contribution is -2.18. The van der Waals surface area contributed by atoms with Crippen molar-refractivity contribution < 1.29 is 4.79 Å². The summed E-state index contributed by atoms with van der Waals surface area (Å²) in [4.78, 5) is 15.1. The van der Waals surface area contributed by atoms with Crippen LogP contribution in [-0.2, 0) is 6.54 Å². The molecule has 0 amide bonds. The molecule has 0 saturated carbocycles. The first kappa shape index (κ1) is 15.1. The lowest BCUT2D eigenvalue weighted by Gasteiger charge is -2.14. The average Bonchev–Trinajstić information content (AvgIpc) is 3.08. The predicted octanol–water partition coefficient (Wildman–Crippen LogP) is 3.86. The van der Waals surface area contributed by atoms with Gasteiger partial charge in [0.25, 0.3) is 0 Å². The fourth-order valence-electron chi connectivity index (χ4n) is 2.92. The van der Waals surface area contributed by atoms with Crippen LogP contribution in [0.25, 0.3) is 0 Å². The van der Waals surface area contributed by atoms with Crippen LogP contribution >= 0.6 is 12.2 Å². The largest absolute Gasteiger partial charge is 0.299 e. The molecule has 1 saturated heterocycles. The van der Waals surface area contributed by atoms with Gasteiger partial charge in [-0.25, -0.2) is 0 Å². The van der Waals surface area contributed by atoms with Crippen molar-refractivity contribution >= 4 is 23.4 Å². The number of carbonyl (C=O) groups excluding carboxylic acids is 1. The second kappa shape index (κ2) is 6.95. The average molecular weight is 309 g/mol. The molecule has 0 aliphatic carbocycles. The van der Waals surface area contributed by atoms with Crippen LogP contribution in [0.3, 0.4) is 0 Å². The van der Waals surface area contributed by atoms with Gasteiger partial charge in [-0.2, -0.15) is 0 Å². The van der Waals surface area contributed by atoms with Crippen molar-refractivity contribution in [3.8, 4) is 0 Å². The Bertz CT molecular complexity index is 672. The molecule has 0 atom stereocenters. The van der Waals surface area contributed by atoms with E-state index in [0.29, 0.717) is 5.56 Å². The molecule has 0 N–H and O–H groups in total. The Morgan fingerprint density at radius 1 is 1.05 bits per heavy atom. The Morgan fingerprint density at radius 2 is 1.73 bits per heavy atom. The van der Waals surface area contributed by atoms with Crippen LogP contribution < -0.4 is 0 Å². The molecule has 3 heteroatoms. The molecular weight excluding hydrogens is 290 g/mol. The van der Waals surface area contributed by atoms with Crippen LogP contribution in [0.1, 0.15) is 39.9 Å². The van der Waals surface area contributed by atoms with Gasteiger partial charge in [0, 0.05) is 23.0 Å². The monoisotopic (exact) mass is 309 g/mol. The minimum absolute atomic E-state index is 0.0319. The van der Waals surface area contributed by atoms with E-state index in [9.17, 15) is 4.79 Å². The summed E-state index contributed by atoms with van der Waals surface area (Å²) in [6, 6.07) is 15.4. The van der Waals surface area contributed by atoms with Crippen LogP contribution in [0.5, 0.6) is 0 Å². The van der Waals surface area contributed by atoms with Gasteiger partial charge in [0.2, 0.25) is 0 Å². The third kappa shape index (κ3) is 3.32. The van der Waals surface area contributed by atoms with Gasteiger partial charge in [-0.3, -0.25) is 9.69 Å². The quantitative estimate of drug-likeness (QED) is 0.618. The van der Waals surface area contributed by atoms with E-state index in [1.54, 1.807) is 5.37 Å². The van der Waals surface area contributed by atoms with Crippen molar-refractivity contribution in [2.24, 2.45) is 0 Å². The highest BCUT2D eigenvalue weighted by molar-refractivity contribution is 7.79. The van der Waals surface area contributed by atoms with Crippen LogP contribution in [0.15, 0.2) is 48.5 Å². The highest BCUT2D eigenvalue weighted by atomic mass is 32.1. The summed E-state index contributed by atoms with van der Waals surface area (Å²) in [6.07, 6.45) is 2.59. The topological polar surface area (TPSA) is 20.3 Å². The molecule has 0 spiro atoms. The summed E-state index contributed by atoms with van der Waals surface area (Å²) < 4.78 is 0.